The number of carbonyl (C=O) groups is 1. The van der Waals surface area contributed by atoms with Gasteiger partial charge < -0.3 is 14.5 Å². The molecule has 164 valence electrons. The molecule has 0 fully saturated rings. The zero-order chi connectivity index (χ0) is 23.1. The number of carbonyl (C=O) groups excluding carboxylic acids is 1. The van der Waals surface area contributed by atoms with Gasteiger partial charge in [-0.2, -0.15) is 0 Å². The van der Waals surface area contributed by atoms with Gasteiger partial charge >= 0.3 is 29.6 Å². The van der Waals surface area contributed by atoms with Crippen LogP contribution in [-0.4, -0.2) is 25.5 Å². The Morgan fingerprint density at radius 1 is 0.971 bits per heavy atom. The Labute approximate surface area is 220 Å². The summed E-state index contributed by atoms with van der Waals surface area (Å²) in [6.45, 7) is 6.86. The molecule has 0 saturated heterocycles. The fourth-order valence-electron chi connectivity index (χ4n) is 4.37. The number of rotatable bonds is 5. The molecule has 7 heteroatoms. The van der Waals surface area contributed by atoms with E-state index in [1.807, 2.05) is 25.1 Å². The fourth-order valence-corrected chi connectivity index (χ4v) is 4.37. The summed E-state index contributed by atoms with van der Waals surface area (Å²) in [4.78, 5) is 25.8. The standard InChI is InChI=1S/C27H24N4O2.Na/c1-4-24-30-25-16(2)13-17(3)28-26(25)31(24)15-18-9-11-22-19(14-18)10-12-23(29-22)20-7-5-6-8-21(20)27(32)33;/h5-14H,4,15H2,1-3H3,(H,32,33);/q;+1/p-1. The summed E-state index contributed by atoms with van der Waals surface area (Å²) in [5.74, 6) is -0.195. The number of carboxylic acid groups (broad SMARTS) is 1. The predicted octanol–water partition coefficient (Wildman–Crippen LogP) is 1.24. The van der Waals surface area contributed by atoms with Gasteiger partial charge in [0.1, 0.15) is 11.3 Å². The monoisotopic (exact) mass is 458 g/mol. The molecule has 0 unspecified atom stereocenters. The smallest absolute Gasteiger partial charge is 0.545 e. The first-order valence-electron chi connectivity index (χ1n) is 11.0. The van der Waals surface area contributed by atoms with Gasteiger partial charge in [-0.1, -0.05) is 43.3 Å². The van der Waals surface area contributed by atoms with Crippen molar-refractivity contribution in [1.29, 1.82) is 0 Å². The van der Waals surface area contributed by atoms with Crippen LogP contribution in [0.5, 0.6) is 0 Å². The fraction of sp³-hybridized carbons (Fsp3) is 0.185. The summed E-state index contributed by atoms with van der Waals surface area (Å²) < 4.78 is 2.19. The number of fused-ring (bicyclic) bond motifs is 2. The van der Waals surface area contributed by atoms with Crippen LogP contribution < -0.4 is 34.7 Å². The Balaban J connectivity index is 0.00000274. The van der Waals surface area contributed by atoms with E-state index in [2.05, 4.69) is 36.6 Å². The van der Waals surface area contributed by atoms with E-state index in [4.69, 9.17) is 15.0 Å². The Kier molecular flexibility index (Phi) is 6.84. The first-order chi connectivity index (χ1) is 15.9. The number of pyridine rings is 2. The van der Waals surface area contributed by atoms with Crippen LogP contribution in [0.1, 0.15) is 39.9 Å². The molecule has 0 N–H and O–H groups in total. The molecule has 3 heterocycles. The van der Waals surface area contributed by atoms with E-state index < -0.39 is 5.97 Å². The van der Waals surface area contributed by atoms with Crippen molar-refractivity contribution in [3.05, 3.63) is 88.9 Å². The number of hydrogen-bond donors (Lipinski definition) is 0. The average molecular weight is 458 g/mol. The van der Waals surface area contributed by atoms with Crippen LogP contribution >= 0.6 is 0 Å². The number of carboxylic acids is 1. The number of hydrogen-bond acceptors (Lipinski definition) is 5. The molecular formula is C27H23N4NaO2. The van der Waals surface area contributed by atoms with E-state index in [1.165, 1.54) is 6.07 Å². The zero-order valence-corrected chi connectivity index (χ0v) is 21.8. The second-order valence-corrected chi connectivity index (χ2v) is 8.28. The molecule has 5 rings (SSSR count). The van der Waals surface area contributed by atoms with Crippen molar-refractivity contribution in [2.24, 2.45) is 0 Å². The molecule has 0 aliphatic rings. The van der Waals surface area contributed by atoms with Gasteiger partial charge in [-0.3, -0.25) is 0 Å². The van der Waals surface area contributed by atoms with E-state index in [9.17, 15) is 9.90 Å². The third-order valence-corrected chi connectivity index (χ3v) is 5.93. The summed E-state index contributed by atoms with van der Waals surface area (Å²) in [5.41, 5.74) is 7.22. The largest absolute Gasteiger partial charge is 1.00 e. The van der Waals surface area contributed by atoms with E-state index >= 15 is 0 Å². The molecule has 0 atom stereocenters. The maximum absolute atomic E-state index is 11.5. The summed E-state index contributed by atoms with van der Waals surface area (Å²) in [6.07, 6.45) is 0.825. The van der Waals surface area contributed by atoms with Gasteiger partial charge in [0.25, 0.3) is 0 Å². The normalized spacial score (nSPS) is 11.0. The molecule has 6 nitrogen and oxygen atoms in total. The Bertz CT molecular complexity index is 1540. The molecule has 5 aromatic rings. The number of nitrogens with zero attached hydrogens (tertiary/aromatic N) is 4. The summed E-state index contributed by atoms with van der Waals surface area (Å²) in [6, 6.07) is 18.8. The van der Waals surface area contributed by atoms with Crippen LogP contribution in [0.25, 0.3) is 33.3 Å². The molecule has 0 bridgehead atoms. The maximum atomic E-state index is 11.5. The molecule has 0 saturated carbocycles. The molecule has 0 aliphatic heterocycles. The molecule has 3 aromatic heterocycles. The minimum Gasteiger partial charge on any atom is -0.545 e. The quantitative estimate of drug-likeness (QED) is 0.370. The van der Waals surface area contributed by atoms with Crippen LogP contribution in [0.15, 0.2) is 60.7 Å². The van der Waals surface area contributed by atoms with E-state index in [1.54, 1.807) is 18.2 Å². The SMILES string of the molecule is CCc1nc2c(C)cc(C)nc2n1Cc1ccc2nc(-c3ccccc3C(=O)[O-])ccc2c1.[Na+]. The maximum Gasteiger partial charge on any atom is 1.00 e. The number of aryl methyl sites for hydroxylation is 3. The van der Waals surface area contributed by atoms with E-state index in [-0.39, 0.29) is 35.1 Å². The number of aromatic nitrogens is 4. The van der Waals surface area contributed by atoms with Gasteiger partial charge in [-0.25, -0.2) is 15.0 Å². The first kappa shape index (κ1) is 24.1. The Morgan fingerprint density at radius 2 is 1.76 bits per heavy atom. The number of imidazole rings is 1. The molecule has 0 aliphatic carbocycles. The van der Waals surface area contributed by atoms with E-state index in [0.29, 0.717) is 17.8 Å². The van der Waals surface area contributed by atoms with Gasteiger partial charge in [0, 0.05) is 28.6 Å². The summed E-state index contributed by atoms with van der Waals surface area (Å²) in [7, 11) is 0. The summed E-state index contributed by atoms with van der Waals surface area (Å²) in [5, 5.41) is 12.5. The van der Waals surface area contributed by atoms with Gasteiger partial charge in [0.15, 0.2) is 5.65 Å². The molecule has 2 aromatic carbocycles. The second-order valence-electron chi connectivity index (χ2n) is 8.28. The van der Waals surface area contributed by atoms with Crippen LogP contribution in [0.3, 0.4) is 0 Å². The van der Waals surface area contributed by atoms with Crippen molar-refractivity contribution >= 4 is 28.0 Å². The molecule has 0 radical (unpaired) electrons. The number of benzene rings is 2. The molecule has 0 spiro atoms. The molecule has 34 heavy (non-hydrogen) atoms. The van der Waals surface area contributed by atoms with Crippen molar-refractivity contribution in [3.63, 3.8) is 0 Å². The minimum absolute atomic E-state index is 0. The number of aromatic carboxylic acids is 1. The van der Waals surface area contributed by atoms with Crippen LogP contribution in [0, 0.1) is 13.8 Å². The van der Waals surface area contributed by atoms with Crippen LogP contribution in [0.2, 0.25) is 0 Å². The van der Waals surface area contributed by atoms with Gasteiger partial charge in [-0.05, 0) is 49.2 Å². The van der Waals surface area contributed by atoms with Crippen molar-refractivity contribution in [1.82, 2.24) is 19.5 Å². The topological polar surface area (TPSA) is 83.7 Å². The summed E-state index contributed by atoms with van der Waals surface area (Å²) >= 11 is 0. The third kappa shape index (κ3) is 4.37. The van der Waals surface area contributed by atoms with Crippen LogP contribution in [0.4, 0.5) is 0 Å². The van der Waals surface area contributed by atoms with Crippen LogP contribution in [-0.2, 0) is 13.0 Å². The van der Waals surface area contributed by atoms with Gasteiger partial charge in [0.2, 0.25) is 0 Å². The first-order valence-corrected chi connectivity index (χ1v) is 11.0. The van der Waals surface area contributed by atoms with Crippen molar-refractivity contribution in [2.75, 3.05) is 0 Å². The Hall–Kier alpha value is -3.06. The minimum atomic E-state index is -1.21. The third-order valence-electron chi connectivity index (χ3n) is 5.93. The second kappa shape index (κ2) is 9.66. The Morgan fingerprint density at radius 3 is 2.53 bits per heavy atom. The predicted molar refractivity (Wildman–Crippen MR) is 127 cm³/mol. The van der Waals surface area contributed by atoms with Crippen molar-refractivity contribution in [3.8, 4) is 11.3 Å². The zero-order valence-electron chi connectivity index (χ0n) is 19.8. The van der Waals surface area contributed by atoms with E-state index in [0.717, 1.165) is 51.1 Å². The molecule has 0 amide bonds. The average Bonchev–Trinajstić information content (AvgIpc) is 3.16. The molecular weight excluding hydrogens is 435 g/mol. The van der Waals surface area contributed by atoms with Crippen molar-refractivity contribution in [2.45, 2.75) is 33.7 Å². The van der Waals surface area contributed by atoms with Gasteiger partial charge in [-0.15, -0.1) is 0 Å². The van der Waals surface area contributed by atoms with Crippen molar-refractivity contribution < 1.29 is 39.5 Å². The van der Waals surface area contributed by atoms with Gasteiger partial charge in [0.05, 0.1) is 23.7 Å².